The van der Waals surface area contributed by atoms with Crippen LogP contribution in [0, 0.1) is 0 Å². The highest BCUT2D eigenvalue weighted by atomic mass is 35.5. The van der Waals surface area contributed by atoms with Crippen LogP contribution in [0.3, 0.4) is 0 Å². The van der Waals surface area contributed by atoms with E-state index in [-0.39, 0.29) is 0 Å². The fourth-order valence-corrected chi connectivity index (χ4v) is 2.34. The van der Waals surface area contributed by atoms with Gasteiger partial charge < -0.3 is 4.74 Å². The highest BCUT2D eigenvalue weighted by Gasteiger charge is 2.23. The van der Waals surface area contributed by atoms with Crippen LogP contribution in [0.1, 0.15) is 30.0 Å². The molecule has 19 heavy (non-hydrogen) atoms. The van der Waals surface area contributed by atoms with E-state index in [9.17, 15) is 0 Å². The second kappa shape index (κ2) is 5.27. The van der Waals surface area contributed by atoms with E-state index < -0.39 is 0 Å². The van der Waals surface area contributed by atoms with Crippen LogP contribution in [-0.4, -0.2) is 17.1 Å². The summed E-state index contributed by atoms with van der Waals surface area (Å²) in [7, 11) is 1.64. The fourth-order valence-electron chi connectivity index (χ4n) is 2.14. The number of hydrogen-bond acceptors (Lipinski definition) is 3. The zero-order valence-corrected chi connectivity index (χ0v) is 11.5. The topological polar surface area (TPSA) is 35.0 Å². The molecule has 1 fully saturated rings. The van der Waals surface area contributed by atoms with Crippen LogP contribution < -0.4 is 0 Å². The summed E-state index contributed by atoms with van der Waals surface area (Å²) < 4.78 is 5.08. The van der Waals surface area contributed by atoms with Gasteiger partial charge in [-0.05, 0) is 30.4 Å². The van der Waals surface area contributed by atoms with Crippen molar-refractivity contribution >= 4 is 11.6 Å². The van der Waals surface area contributed by atoms with Gasteiger partial charge in [-0.1, -0.05) is 35.9 Å². The SMILES string of the molecule is COCc1cc(Cl)nc(-c2ccc(C3CC3)cc2)n1. The Morgan fingerprint density at radius 1 is 1.21 bits per heavy atom. The average molecular weight is 275 g/mol. The largest absolute Gasteiger partial charge is 0.378 e. The van der Waals surface area contributed by atoms with Crippen molar-refractivity contribution in [3.8, 4) is 11.4 Å². The molecule has 1 saturated carbocycles. The predicted octanol–water partition coefficient (Wildman–Crippen LogP) is 3.82. The van der Waals surface area contributed by atoms with Gasteiger partial charge in [0.2, 0.25) is 0 Å². The molecule has 3 nitrogen and oxygen atoms in total. The van der Waals surface area contributed by atoms with Crippen molar-refractivity contribution in [2.75, 3.05) is 7.11 Å². The number of halogens is 1. The number of nitrogens with zero attached hydrogens (tertiary/aromatic N) is 2. The summed E-state index contributed by atoms with van der Waals surface area (Å²) in [6, 6.07) is 10.2. The van der Waals surface area contributed by atoms with Gasteiger partial charge in [0.25, 0.3) is 0 Å². The molecule has 1 aliphatic rings. The molecular weight excluding hydrogens is 260 g/mol. The van der Waals surface area contributed by atoms with Crippen LogP contribution in [0.4, 0.5) is 0 Å². The second-order valence-corrected chi connectivity index (χ2v) is 5.22. The molecule has 1 aromatic carbocycles. The highest BCUT2D eigenvalue weighted by Crippen LogP contribution is 2.40. The lowest BCUT2D eigenvalue weighted by atomic mass is 10.1. The zero-order chi connectivity index (χ0) is 13.2. The Balaban J connectivity index is 1.91. The maximum atomic E-state index is 6.02. The Bertz CT molecular complexity index is 579. The van der Waals surface area contributed by atoms with Crippen molar-refractivity contribution in [1.29, 1.82) is 0 Å². The number of rotatable bonds is 4. The molecular formula is C15H15ClN2O. The minimum atomic E-state index is 0.440. The van der Waals surface area contributed by atoms with E-state index in [4.69, 9.17) is 16.3 Å². The zero-order valence-electron chi connectivity index (χ0n) is 10.8. The predicted molar refractivity (Wildman–Crippen MR) is 75.2 cm³/mol. The van der Waals surface area contributed by atoms with Gasteiger partial charge in [0, 0.05) is 12.7 Å². The number of methoxy groups -OCH3 is 1. The van der Waals surface area contributed by atoms with E-state index >= 15 is 0 Å². The van der Waals surface area contributed by atoms with Crippen molar-refractivity contribution in [3.05, 3.63) is 46.7 Å². The summed E-state index contributed by atoms with van der Waals surface area (Å²) >= 11 is 6.02. The van der Waals surface area contributed by atoms with Crippen molar-refractivity contribution in [3.63, 3.8) is 0 Å². The number of benzene rings is 1. The maximum Gasteiger partial charge on any atom is 0.161 e. The van der Waals surface area contributed by atoms with E-state index in [2.05, 4.69) is 34.2 Å². The molecule has 0 unspecified atom stereocenters. The van der Waals surface area contributed by atoms with E-state index in [0.717, 1.165) is 17.2 Å². The molecule has 0 spiro atoms. The van der Waals surface area contributed by atoms with E-state index in [1.165, 1.54) is 18.4 Å². The minimum absolute atomic E-state index is 0.440. The summed E-state index contributed by atoms with van der Waals surface area (Å²) in [4.78, 5) is 8.74. The molecule has 0 N–H and O–H groups in total. The number of hydrogen-bond donors (Lipinski definition) is 0. The molecule has 0 radical (unpaired) electrons. The molecule has 2 aromatic rings. The van der Waals surface area contributed by atoms with Crippen molar-refractivity contribution in [2.45, 2.75) is 25.4 Å². The average Bonchev–Trinajstić information content (AvgIpc) is 3.23. The molecule has 0 aliphatic heterocycles. The molecule has 0 bridgehead atoms. The van der Waals surface area contributed by atoms with Crippen LogP contribution in [0.15, 0.2) is 30.3 Å². The number of aromatic nitrogens is 2. The summed E-state index contributed by atoms with van der Waals surface area (Å²) in [5, 5.41) is 0.448. The van der Waals surface area contributed by atoms with Gasteiger partial charge in [-0.15, -0.1) is 0 Å². The van der Waals surface area contributed by atoms with Gasteiger partial charge >= 0.3 is 0 Å². The first kappa shape index (κ1) is 12.6. The minimum Gasteiger partial charge on any atom is -0.378 e. The van der Waals surface area contributed by atoms with Gasteiger partial charge in [-0.3, -0.25) is 0 Å². The molecule has 0 amide bonds. The first-order valence-electron chi connectivity index (χ1n) is 6.39. The van der Waals surface area contributed by atoms with E-state index in [1.54, 1.807) is 13.2 Å². The summed E-state index contributed by atoms with van der Waals surface area (Å²) in [6.45, 7) is 0.440. The van der Waals surface area contributed by atoms with Crippen molar-refractivity contribution in [2.24, 2.45) is 0 Å². The van der Waals surface area contributed by atoms with Crippen molar-refractivity contribution < 1.29 is 4.74 Å². The Hall–Kier alpha value is -1.45. The van der Waals surface area contributed by atoms with Crippen LogP contribution >= 0.6 is 11.6 Å². The van der Waals surface area contributed by atoms with Gasteiger partial charge in [0.05, 0.1) is 12.3 Å². The van der Waals surface area contributed by atoms with Crippen LogP contribution in [0.2, 0.25) is 5.15 Å². The fraction of sp³-hybridized carbons (Fsp3) is 0.333. The Morgan fingerprint density at radius 2 is 1.95 bits per heavy atom. The van der Waals surface area contributed by atoms with Crippen LogP contribution in [0.25, 0.3) is 11.4 Å². The molecule has 3 rings (SSSR count). The summed E-state index contributed by atoms with van der Waals surface area (Å²) in [5.74, 6) is 1.42. The lowest BCUT2D eigenvalue weighted by Crippen LogP contribution is -1.97. The maximum absolute atomic E-state index is 6.02. The normalized spacial score (nSPS) is 14.6. The van der Waals surface area contributed by atoms with E-state index in [0.29, 0.717) is 17.6 Å². The standard InChI is InChI=1S/C15H15ClN2O/c1-19-9-13-8-14(16)18-15(17-13)12-6-4-11(5-7-12)10-2-3-10/h4-8,10H,2-3,9H2,1H3. The smallest absolute Gasteiger partial charge is 0.161 e. The first-order valence-corrected chi connectivity index (χ1v) is 6.77. The van der Waals surface area contributed by atoms with Crippen molar-refractivity contribution in [1.82, 2.24) is 9.97 Å². The lowest BCUT2D eigenvalue weighted by Gasteiger charge is -2.05. The van der Waals surface area contributed by atoms with Gasteiger partial charge in [-0.2, -0.15) is 0 Å². The second-order valence-electron chi connectivity index (χ2n) is 4.83. The monoisotopic (exact) mass is 274 g/mol. The highest BCUT2D eigenvalue weighted by molar-refractivity contribution is 6.29. The summed E-state index contributed by atoms with van der Waals surface area (Å²) in [5.41, 5.74) is 3.19. The third kappa shape index (κ3) is 2.94. The molecule has 4 heteroatoms. The Morgan fingerprint density at radius 3 is 2.58 bits per heavy atom. The van der Waals surface area contributed by atoms with Crippen LogP contribution in [0.5, 0.6) is 0 Å². The molecule has 1 heterocycles. The third-order valence-electron chi connectivity index (χ3n) is 3.26. The van der Waals surface area contributed by atoms with Gasteiger partial charge in [-0.25, -0.2) is 9.97 Å². The molecule has 1 aromatic heterocycles. The Labute approximate surface area is 117 Å². The van der Waals surface area contributed by atoms with Gasteiger partial charge in [0.15, 0.2) is 5.82 Å². The molecule has 0 atom stereocenters. The van der Waals surface area contributed by atoms with Gasteiger partial charge in [0.1, 0.15) is 5.15 Å². The molecule has 98 valence electrons. The number of ether oxygens (including phenoxy) is 1. The van der Waals surface area contributed by atoms with E-state index in [1.807, 2.05) is 0 Å². The quantitative estimate of drug-likeness (QED) is 0.795. The first-order chi connectivity index (χ1) is 9.26. The Kier molecular flexibility index (Phi) is 3.49. The lowest BCUT2D eigenvalue weighted by molar-refractivity contribution is 0.181. The summed E-state index contributed by atoms with van der Waals surface area (Å²) in [6.07, 6.45) is 2.62. The van der Waals surface area contributed by atoms with Crippen LogP contribution in [-0.2, 0) is 11.3 Å². The third-order valence-corrected chi connectivity index (χ3v) is 3.45. The molecule has 1 aliphatic carbocycles. The molecule has 0 saturated heterocycles.